The highest BCUT2D eigenvalue weighted by molar-refractivity contribution is 5.84. The molecule has 0 aromatic heterocycles. The molecule has 2 aliphatic carbocycles. The first-order chi connectivity index (χ1) is 11.4. The fraction of sp³-hybridized carbons (Fsp3) is 0.611. The minimum atomic E-state index is -4.43. The Morgan fingerprint density at radius 2 is 1.83 bits per heavy atom. The fourth-order valence-corrected chi connectivity index (χ4v) is 4.01. The Morgan fingerprint density at radius 1 is 1.08 bits per heavy atom. The van der Waals surface area contributed by atoms with Gasteiger partial charge < -0.3 is 4.74 Å². The summed E-state index contributed by atoms with van der Waals surface area (Å²) in [7, 11) is 0. The molecule has 1 N–H and O–H groups in total. The highest BCUT2D eigenvalue weighted by Gasteiger charge is 2.34. The summed E-state index contributed by atoms with van der Waals surface area (Å²) in [5.41, 5.74) is -0.691. The van der Waals surface area contributed by atoms with Crippen molar-refractivity contribution < 1.29 is 22.7 Å². The average molecular weight is 341 g/mol. The molecule has 1 aromatic carbocycles. The van der Waals surface area contributed by atoms with Crippen molar-refractivity contribution in [2.45, 2.75) is 57.2 Å². The van der Waals surface area contributed by atoms with E-state index in [4.69, 9.17) is 4.74 Å². The lowest BCUT2D eigenvalue weighted by molar-refractivity contribution is -0.137. The van der Waals surface area contributed by atoms with Crippen molar-refractivity contribution in [2.24, 2.45) is 11.8 Å². The second kappa shape index (κ2) is 7.03. The van der Waals surface area contributed by atoms with Gasteiger partial charge in [-0.15, -0.1) is 0 Å². The molecule has 2 fully saturated rings. The topological polar surface area (TPSA) is 38.3 Å². The van der Waals surface area contributed by atoms with E-state index >= 15 is 0 Å². The van der Waals surface area contributed by atoms with Crippen molar-refractivity contribution in [3.05, 3.63) is 29.8 Å². The molecule has 132 valence electrons. The van der Waals surface area contributed by atoms with Crippen LogP contribution in [-0.4, -0.2) is 12.2 Å². The molecule has 2 saturated carbocycles. The fourth-order valence-electron chi connectivity index (χ4n) is 4.01. The molecule has 3 rings (SSSR count). The van der Waals surface area contributed by atoms with Crippen LogP contribution in [0.3, 0.4) is 0 Å². The van der Waals surface area contributed by atoms with Crippen LogP contribution in [0.25, 0.3) is 0 Å². The summed E-state index contributed by atoms with van der Waals surface area (Å²) in [5, 5.41) is 2.41. The van der Waals surface area contributed by atoms with Gasteiger partial charge in [0.15, 0.2) is 0 Å². The van der Waals surface area contributed by atoms with E-state index in [1.165, 1.54) is 37.8 Å². The molecule has 0 bridgehead atoms. The summed E-state index contributed by atoms with van der Waals surface area (Å²) in [4.78, 5) is 12.0. The molecule has 3 unspecified atom stereocenters. The zero-order valence-electron chi connectivity index (χ0n) is 13.4. The van der Waals surface area contributed by atoms with E-state index < -0.39 is 17.8 Å². The molecule has 0 heterocycles. The van der Waals surface area contributed by atoms with Gasteiger partial charge in [0.05, 0.1) is 5.56 Å². The number of carbonyl (C=O) groups excluding carboxylic acids is 1. The highest BCUT2D eigenvalue weighted by Crippen LogP contribution is 2.41. The molecule has 2 aliphatic rings. The molecular formula is C18H22F3NO2. The van der Waals surface area contributed by atoms with Gasteiger partial charge in [0.25, 0.3) is 0 Å². The zero-order chi connectivity index (χ0) is 17.2. The smallest absolute Gasteiger partial charge is 0.416 e. The molecule has 24 heavy (non-hydrogen) atoms. The second-order valence-corrected chi connectivity index (χ2v) is 6.85. The Kier molecular flexibility index (Phi) is 5.01. The third kappa shape index (κ3) is 4.22. The normalized spacial score (nSPS) is 27.2. The van der Waals surface area contributed by atoms with Gasteiger partial charge in [0.1, 0.15) is 6.10 Å². The molecule has 0 spiro atoms. The number of carbonyl (C=O) groups is 1. The molecule has 0 saturated heterocycles. The number of hydrogen-bond donors (Lipinski definition) is 1. The number of rotatable bonds is 2. The van der Waals surface area contributed by atoms with Crippen LogP contribution in [0, 0.1) is 11.8 Å². The van der Waals surface area contributed by atoms with Gasteiger partial charge in [0, 0.05) is 5.69 Å². The van der Waals surface area contributed by atoms with Crippen LogP contribution in [0.5, 0.6) is 0 Å². The summed E-state index contributed by atoms with van der Waals surface area (Å²) in [5.74, 6) is 1.38. The summed E-state index contributed by atoms with van der Waals surface area (Å²) in [6, 6.07) is 4.58. The average Bonchev–Trinajstić information content (AvgIpc) is 2.54. The van der Waals surface area contributed by atoms with Crippen molar-refractivity contribution in [3.8, 4) is 0 Å². The minimum Gasteiger partial charge on any atom is -0.446 e. The van der Waals surface area contributed by atoms with Crippen molar-refractivity contribution in [3.63, 3.8) is 0 Å². The Balaban J connectivity index is 1.54. The number of anilines is 1. The van der Waals surface area contributed by atoms with Crippen LogP contribution >= 0.6 is 0 Å². The van der Waals surface area contributed by atoms with Crippen LogP contribution in [0.15, 0.2) is 24.3 Å². The quantitative estimate of drug-likeness (QED) is 0.759. The number of fused-ring (bicyclic) bond motifs is 1. The van der Waals surface area contributed by atoms with Gasteiger partial charge >= 0.3 is 12.3 Å². The number of hydrogen-bond acceptors (Lipinski definition) is 2. The Morgan fingerprint density at radius 3 is 2.58 bits per heavy atom. The monoisotopic (exact) mass is 341 g/mol. The lowest BCUT2D eigenvalue weighted by atomic mass is 9.70. The summed E-state index contributed by atoms with van der Waals surface area (Å²) < 4.78 is 43.5. The van der Waals surface area contributed by atoms with Crippen LogP contribution < -0.4 is 5.32 Å². The number of nitrogens with one attached hydrogen (secondary N) is 1. The minimum absolute atomic E-state index is 0.0983. The predicted octanol–water partition coefficient (Wildman–Crippen LogP) is 5.61. The van der Waals surface area contributed by atoms with Gasteiger partial charge in [-0.1, -0.05) is 31.7 Å². The van der Waals surface area contributed by atoms with E-state index in [1.807, 2.05) is 0 Å². The molecule has 1 aromatic rings. The van der Waals surface area contributed by atoms with Crippen molar-refractivity contribution in [2.75, 3.05) is 5.32 Å². The summed E-state index contributed by atoms with van der Waals surface area (Å²) in [6.07, 6.45) is 2.56. The largest absolute Gasteiger partial charge is 0.446 e. The van der Waals surface area contributed by atoms with E-state index in [1.54, 1.807) is 0 Å². The zero-order valence-corrected chi connectivity index (χ0v) is 13.4. The third-order valence-corrected chi connectivity index (χ3v) is 5.20. The van der Waals surface area contributed by atoms with Gasteiger partial charge in [-0.25, -0.2) is 4.79 Å². The lowest BCUT2D eigenvalue weighted by Crippen LogP contribution is -2.34. The number of alkyl halides is 3. The Hall–Kier alpha value is -1.72. The van der Waals surface area contributed by atoms with Crippen LogP contribution in [0.2, 0.25) is 0 Å². The maximum absolute atomic E-state index is 12.7. The van der Waals surface area contributed by atoms with E-state index in [2.05, 4.69) is 5.32 Å². The molecule has 1 amide bonds. The van der Waals surface area contributed by atoms with Crippen LogP contribution in [0.1, 0.15) is 50.5 Å². The van der Waals surface area contributed by atoms with E-state index in [9.17, 15) is 18.0 Å². The van der Waals surface area contributed by atoms with Crippen molar-refractivity contribution in [1.82, 2.24) is 0 Å². The van der Waals surface area contributed by atoms with Gasteiger partial charge in [-0.2, -0.15) is 13.2 Å². The lowest BCUT2D eigenvalue weighted by Gasteiger charge is -2.38. The second-order valence-electron chi connectivity index (χ2n) is 6.85. The maximum Gasteiger partial charge on any atom is 0.416 e. The van der Waals surface area contributed by atoms with Gasteiger partial charge in [-0.05, 0) is 49.3 Å². The summed E-state index contributed by atoms with van der Waals surface area (Å²) >= 11 is 0. The number of amides is 1. The van der Waals surface area contributed by atoms with Crippen molar-refractivity contribution >= 4 is 11.8 Å². The standard InChI is InChI=1S/C18H22F3NO2/c19-18(20,21)14-6-3-7-15(11-14)22-17(23)24-16-9-8-12-4-1-2-5-13(12)10-16/h3,6-7,11-13,16H,1-2,4-5,8-10H2,(H,22,23). The van der Waals surface area contributed by atoms with Crippen LogP contribution in [-0.2, 0) is 10.9 Å². The van der Waals surface area contributed by atoms with E-state index in [0.29, 0.717) is 5.92 Å². The van der Waals surface area contributed by atoms with Crippen molar-refractivity contribution in [1.29, 1.82) is 0 Å². The Labute approximate surface area is 139 Å². The van der Waals surface area contributed by atoms with Gasteiger partial charge in [-0.3, -0.25) is 5.32 Å². The molecular weight excluding hydrogens is 319 g/mol. The first-order valence-corrected chi connectivity index (χ1v) is 8.57. The van der Waals surface area contributed by atoms with Gasteiger partial charge in [0.2, 0.25) is 0 Å². The molecule has 0 radical (unpaired) electrons. The first-order valence-electron chi connectivity index (χ1n) is 8.57. The molecule has 3 atom stereocenters. The highest BCUT2D eigenvalue weighted by atomic mass is 19.4. The molecule has 3 nitrogen and oxygen atoms in total. The molecule has 6 heteroatoms. The number of halogens is 3. The first kappa shape index (κ1) is 17.1. The predicted molar refractivity (Wildman–Crippen MR) is 84.6 cm³/mol. The molecule has 0 aliphatic heterocycles. The summed E-state index contributed by atoms with van der Waals surface area (Å²) in [6.45, 7) is 0. The van der Waals surface area contributed by atoms with E-state index in [0.717, 1.165) is 37.3 Å². The van der Waals surface area contributed by atoms with E-state index in [-0.39, 0.29) is 11.8 Å². The Bertz CT molecular complexity index is 588. The van der Waals surface area contributed by atoms with Crippen LogP contribution in [0.4, 0.5) is 23.7 Å². The maximum atomic E-state index is 12.7. The third-order valence-electron chi connectivity index (χ3n) is 5.20. The number of benzene rings is 1. The number of ether oxygens (including phenoxy) is 1. The SMILES string of the molecule is O=C(Nc1cccc(C(F)(F)F)c1)OC1CCC2CCCCC2C1.